The van der Waals surface area contributed by atoms with Crippen LogP contribution < -0.4 is 0 Å². The molecule has 0 aliphatic rings. The molecule has 0 aromatic heterocycles. The van der Waals surface area contributed by atoms with Gasteiger partial charge in [-0.05, 0) is 64.7 Å². The number of hydrogen-bond acceptors (Lipinski definition) is 3. The Morgan fingerprint density at radius 1 is 1.20 bits per heavy atom. The van der Waals surface area contributed by atoms with Gasteiger partial charge in [-0.25, -0.2) is 0 Å². The SMILES string of the molecule is CCc1ccc(O)c(N=Cc2cc(C)cc(Br)c2O)c1. The minimum atomic E-state index is 0.129. The Labute approximate surface area is 126 Å². The van der Waals surface area contributed by atoms with Crippen molar-refractivity contribution >= 4 is 27.8 Å². The maximum absolute atomic E-state index is 9.97. The van der Waals surface area contributed by atoms with Crippen LogP contribution in [0.2, 0.25) is 0 Å². The summed E-state index contributed by atoms with van der Waals surface area (Å²) in [4.78, 5) is 4.27. The quantitative estimate of drug-likeness (QED) is 0.813. The maximum Gasteiger partial charge on any atom is 0.141 e. The molecule has 0 bridgehead atoms. The van der Waals surface area contributed by atoms with Gasteiger partial charge in [0.15, 0.2) is 0 Å². The fraction of sp³-hybridized carbons (Fsp3) is 0.188. The van der Waals surface area contributed by atoms with E-state index in [1.54, 1.807) is 12.3 Å². The van der Waals surface area contributed by atoms with Crippen LogP contribution in [0.1, 0.15) is 23.6 Å². The molecule has 0 unspecified atom stereocenters. The van der Waals surface area contributed by atoms with Gasteiger partial charge in [0.05, 0.1) is 4.47 Å². The van der Waals surface area contributed by atoms with Gasteiger partial charge in [-0.15, -0.1) is 0 Å². The first-order valence-electron chi connectivity index (χ1n) is 6.36. The van der Waals surface area contributed by atoms with Crippen LogP contribution in [0.4, 0.5) is 5.69 Å². The van der Waals surface area contributed by atoms with Gasteiger partial charge in [0.2, 0.25) is 0 Å². The first kappa shape index (κ1) is 14.6. The van der Waals surface area contributed by atoms with E-state index >= 15 is 0 Å². The molecule has 2 N–H and O–H groups in total. The summed E-state index contributed by atoms with van der Waals surface area (Å²) in [7, 11) is 0. The van der Waals surface area contributed by atoms with Gasteiger partial charge in [-0.1, -0.05) is 13.0 Å². The molecule has 0 aliphatic heterocycles. The third-order valence-corrected chi connectivity index (χ3v) is 3.63. The second-order valence-corrected chi connectivity index (χ2v) is 5.47. The van der Waals surface area contributed by atoms with E-state index in [4.69, 9.17) is 0 Å². The van der Waals surface area contributed by atoms with Gasteiger partial charge < -0.3 is 10.2 Å². The van der Waals surface area contributed by atoms with Gasteiger partial charge in [0, 0.05) is 11.8 Å². The number of aliphatic imine (C=N–C) groups is 1. The van der Waals surface area contributed by atoms with Crippen LogP contribution in [0, 0.1) is 6.92 Å². The van der Waals surface area contributed by atoms with E-state index in [1.165, 1.54) is 0 Å². The molecule has 0 spiro atoms. The number of aryl methyl sites for hydroxylation is 2. The average Bonchev–Trinajstić information content (AvgIpc) is 2.42. The summed E-state index contributed by atoms with van der Waals surface area (Å²) < 4.78 is 0.630. The van der Waals surface area contributed by atoms with Crippen molar-refractivity contribution in [3.8, 4) is 11.5 Å². The number of phenols is 2. The molecule has 0 saturated carbocycles. The van der Waals surface area contributed by atoms with E-state index in [0.29, 0.717) is 15.7 Å². The van der Waals surface area contributed by atoms with Crippen LogP contribution in [-0.2, 0) is 6.42 Å². The third-order valence-electron chi connectivity index (χ3n) is 3.03. The van der Waals surface area contributed by atoms with Gasteiger partial charge in [-0.3, -0.25) is 4.99 Å². The highest BCUT2D eigenvalue weighted by Gasteiger charge is 2.05. The summed E-state index contributed by atoms with van der Waals surface area (Å²) in [6.07, 6.45) is 2.44. The van der Waals surface area contributed by atoms with Gasteiger partial charge in [-0.2, -0.15) is 0 Å². The molecule has 2 rings (SSSR count). The number of halogens is 1. The highest BCUT2D eigenvalue weighted by Crippen LogP contribution is 2.30. The monoisotopic (exact) mass is 333 g/mol. The third kappa shape index (κ3) is 3.20. The molecule has 20 heavy (non-hydrogen) atoms. The molecule has 0 amide bonds. The number of nitrogens with zero attached hydrogens (tertiary/aromatic N) is 1. The molecule has 0 aliphatic carbocycles. The van der Waals surface area contributed by atoms with Gasteiger partial charge in [0.1, 0.15) is 17.2 Å². The molecule has 0 radical (unpaired) electrons. The van der Waals surface area contributed by atoms with Crippen LogP contribution in [0.5, 0.6) is 11.5 Å². The van der Waals surface area contributed by atoms with Crippen LogP contribution >= 0.6 is 15.9 Å². The summed E-state index contributed by atoms with van der Waals surface area (Å²) in [6.45, 7) is 3.99. The summed E-state index contributed by atoms with van der Waals surface area (Å²) in [5.41, 5.74) is 3.23. The minimum absolute atomic E-state index is 0.129. The fourth-order valence-corrected chi connectivity index (χ4v) is 2.48. The Balaban J connectivity index is 2.39. The first-order chi connectivity index (χ1) is 9.51. The predicted molar refractivity (Wildman–Crippen MR) is 85.3 cm³/mol. The number of phenolic OH excluding ortho intramolecular Hbond substituents is 2. The zero-order chi connectivity index (χ0) is 14.7. The highest BCUT2D eigenvalue weighted by molar-refractivity contribution is 9.10. The lowest BCUT2D eigenvalue weighted by molar-refractivity contribution is 0.470. The Bertz CT molecular complexity index is 666. The lowest BCUT2D eigenvalue weighted by atomic mass is 10.1. The number of rotatable bonds is 3. The van der Waals surface area contributed by atoms with Gasteiger partial charge in [0.25, 0.3) is 0 Å². The molecule has 0 saturated heterocycles. The van der Waals surface area contributed by atoms with E-state index < -0.39 is 0 Å². The number of hydrogen-bond donors (Lipinski definition) is 2. The van der Waals surface area contributed by atoms with E-state index in [9.17, 15) is 10.2 Å². The summed E-state index contributed by atoms with van der Waals surface area (Å²) in [5.74, 6) is 0.273. The van der Waals surface area contributed by atoms with Crippen molar-refractivity contribution in [3.63, 3.8) is 0 Å². The first-order valence-corrected chi connectivity index (χ1v) is 7.15. The normalized spacial score (nSPS) is 11.2. The van der Waals surface area contributed by atoms with E-state index in [1.807, 2.05) is 38.1 Å². The zero-order valence-corrected chi connectivity index (χ0v) is 13.0. The molecule has 0 heterocycles. The van der Waals surface area contributed by atoms with E-state index in [-0.39, 0.29) is 11.5 Å². The van der Waals surface area contributed by atoms with Crippen LogP contribution in [0.3, 0.4) is 0 Å². The number of aromatic hydroxyl groups is 2. The van der Waals surface area contributed by atoms with E-state index in [2.05, 4.69) is 20.9 Å². The molecule has 3 nitrogen and oxygen atoms in total. The molecule has 4 heteroatoms. The maximum atomic E-state index is 9.97. The summed E-state index contributed by atoms with van der Waals surface area (Å²) in [6, 6.07) is 9.02. The number of benzene rings is 2. The molecule has 0 fully saturated rings. The molecule has 2 aromatic rings. The standard InChI is InChI=1S/C16H16BrNO2/c1-3-11-4-5-15(19)14(8-11)18-9-12-6-10(2)7-13(17)16(12)20/h4-9,19-20H,3H2,1-2H3. The second-order valence-electron chi connectivity index (χ2n) is 4.62. The van der Waals surface area contributed by atoms with Crippen molar-refractivity contribution in [1.82, 2.24) is 0 Å². The van der Waals surface area contributed by atoms with Crippen molar-refractivity contribution in [2.24, 2.45) is 4.99 Å². The summed E-state index contributed by atoms with van der Waals surface area (Å²) in [5, 5.41) is 19.8. The van der Waals surface area contributed by atoms with Gasteiger partial charge >= 0.3 is 0 Å². The molecule has 0 atom stereocenters. The van der Waals surface area contributed by atoms with Crippen LogP contribution in [0.15, 0.2) is 39.8 Å². The van der Waals surface area contributed by atoms with Crippen molar-refractivity contribution in [2.75, 3.05) is 0 Å². The predicted octanol–water partition coefficient (Wildman–Crippen LogP) is 4.48. The van der Waals surface area contributed by atoms with Crippen molar-refractivity contribution in [3.05, 3.63) is 51.5 Å². The Morgan fingerprint density at radius 3 is 2.65 bits per heavy atom. The van der Waals surface area contributed by atoms with Crippen molar-refractivity contribution in [1.29, 1.82) is 0 Å². The average molecular weight is 334 g/mol. The van der Waals surface area contributed by atoms with E-state index in [0.717, 1.165) is 17.5 Å². The Morgan fingerprint density at radius 2 is 1.95 bits per heavy atom. The van der Waals surface area contributed by atoms with Crippen molar-refractivity contribution < 1.29 is 10.2 Å². The Hall–Kier alpha value is -1.81. The lowest BCUT2D eigenvalue weighted by Crippen LogP contribution is -1.86. The fourth-order valence-electron chi connectivity index (χ4n) is 1.89. The second kappa shape index (κ2) is 6.09. The lowest BCUT2D eigenvalue weighted by Gasteiger charge is -2.05. The molecular weight excluding hydrogens is 318 g/mol. The topological polar surface area (TPSA) is 52.8 Å². The molecule has 104 valence electrons. The minimum Gasteiger partial charge on any atom is -0.506 e. The summed E-state index contributed by atoms with van der Waals surface area (Å²) >= 11 is 3.30. The smallest absolute Gasteiger partial charge is 0.141 e. The van der Waals surface area contributed by atoms with Crippen molar-refractivity contribution in [2.45, 2.75) is 20.3 Å². The van der Waals surface area contributed by atoms with Crippen LogP contribution in [0.25, 0.3) is 0 Å². The zero-order valence-electron chi connectivity index (χ0n) is 11.4. The molecular formula is C16H16BrNO2. The van der Waals surface area contributed by atoms with Crippen LogP contribution in [-0.4, -0.2) is 16.4 Å². The Kier molecular flexibility index (Phi) is 4.45. The molecule has 2 aromatic carbocycles. The largest absolute Gasteiger partial charge is 0.506 e. The highest BCUT2D eigenvalue weighted by atomic mass is 79.9.